The molecule has 0 atom stereocenters. The largest absolute Gasteiger partial charge is 0.341 e. The van der Waals surface area contributed by atoms with Crippen LogP contribution in [0.5, 0.6) is 0 Å². The number of amides is 1. The van der Waals surface area contributed by atoms with E-state index in [9.17, 15) is 4.79 Å². The van der Waals surface area contributed by atoms with Crippen molar-refractivity contribution < 1.29 is 4.79 Å². The molecule has 0 radical (unpaired) electrons. The molecule has 1 rings (SSSR count). The molecule has 1 aromatic rings. The SMILES string of the molecule is CCCCN(CCCC)C(=O)Cn1cccn1. The fourth-order valence-corrected chi connectivity index (χ4v) is 1.69. The summed E-state index contributed by atoms with van der Waals surface area (Å²) in [7, 11) is 0. The van der Waals surface area contributed by atoms with Gasteiger partial charge in [-0.25, -0.2) is 0 Å². The molecule has 17 heavy (non-hydrogen) atoms. The van der Waals surface area contributed by atoms with E-state index in [0.29, 0.717) is 6.54 Å². The molecule has 1 aromatic heterocycles. The zero-order valence-electron chi connectivity index (χ0n) is 10.9. The van der Waals surface area contributed by atoms with E-state index in [-0.39, 0.29) is 5.91 Å². The molecular formula is C13H23N3O. The minimum Gasteiger partial charge on any atom is -0.341 e. The molecule has 0 N–H and O–H groups in total. The molecule has 0 bridgehead atoms. The lowest BCUT2D eigenvalue weighted by Gasteiger charge is -2.22. The second-order valence-corrected chi connectivity index (χ2v) is 4.29. The Hall–Kier alpha value is -1.32. The number of hydrogen-bond donors (Lipinski definition) is 0. The van der Waals surface area contributed by atoms with Crippen LogP contribution < -0.4 is 0 Å². The van der Waals surface area contributed by atoms with Gasteiger partial charge < -0.3 is 4.90 Å². The second kappa shape index (κ2) is 7.87. The van der Waals surface area contributed by atoms with Gasteiger partial charge in [0, 0.05) is 25.5 Å². The van der Waals surface area contributed by atoms with E-state index in [1.54, 1.807) is 10.9 Å². The Morgan fingerprint density at radius 1 is 1.24 bits per heavy atom. The molecule has 1 heterocycles. The van der Waals surface area contributed by atoms with Crippen molar-refractivity contribution >= 4 is 5.91 Å². The first kappa shape index (κ1) is 13.7. The third kappa shape index (κ3) is 5.02. The van der Waals surface area contributed by atoms with Crippen LogP contribution in [0.15, 0.2) is 18.5 Å². The van der Waals surface area contributed by atoms with Gasteiger partial charge in [-0.1, -0.05) is 26.7 Å². The van der Waals surface area contributed by atoms with E-state index in [1.165, 1.54) is 0 Å². The number of nitrogens with zero attached hydrogens (tertiary/aromatic N) is 3. The molecular weight excluding hydrogens is 214 g/mol. The lowest BCUT2D eigenvalue weighted by Crippen LogP contribution is -2.35. The van der Waals surface area contributed by atoms with Crippen molar-refractivity contribution in [2.24, 2.45) is 0 Å². The van der Waals surface area contributed by atoms with E-state index in [4.69, 9.17) is 0 Å². The van der Waals surface area contributed by atoms with Gasteiger partial charge in [0.25, 0.3) is 0 Å². The fraction of sp³-hybridized carbons (Fsp3) is 0.692. The van der Waals surface area contributed by atoms with Gasteiger partial charge in [0.2, 0.25) is 5.91 Å². The molecule has 4 nitrogen and oxygen atoms in total. The molecule has 96 valence electrons. The summed E-state index contributed by atoms with van der Waals surface area (Å²) < 4.78 is 1.69. The maximum atomic E-state index is 12.1. The van der Waals surface area contributed by atoms with Crippen molar-refractivity contribution in [2.45, 2.75) is 46.1 Å². The van der Waals surface area contributed by atoms with Crippen LogP contribution in [0.1, 0.15) is 39.5 Å². The van der Waals surface area contributed by atoms with Gasteiger partial charge in [-0.3, -0.25) is 9.48 Å². The third-order valence-corrected chi connectivity index (χ3v) is 2.77. The molecule has 0 spiro atoms. The van der Waals surface area contributed by atoms with E-state index in [2.05, 4.69) is 18.9 Å². The monoisotopic (exact) mass is 237 g/mol. The van der Waals surface area contributed by atoms with Gasteiger partial charge in [0.05, 0.1) is 0 Å². The average molecular weight is 237 g/mol. The summed E-state index contributed by atoms with van der Waals surface area (Å²) in [5.74, 6) is 0.176. The lowest BCUT2D eigenvalue weighted by molar-refractivity contribution is -0.132. The summed E-state index contributed by atoms with van der Waals surface area (Å²) in [6.07, 6.45) is 7.93. The van der Waals surface area contributed by atoms with Crippen LogP contribution >= 0.6 is 0 Å². The number of rotatable bonds is 8. The first-order chi connectivity index (χ1) is 8.27. The van der Waals surface area contributed by atoms with E-state index in [1.807, 2.05) is 17.2 Å². The van der Waals surface area contributed by atoms with Crippen molar-refractivity contribution in [2.75, 3.05) is 13.1 Å². The summed E-state index contributed by atoms with van der Waals surface area (Å²) in [4.78, 5) is 14.1. The molecule has 0 aliphatic heterocycles. The van der Waals surface area contributed by atoms with E-state index < -0.39 is 0 Å². The van der Waals surface area contributed by atoms with Crippen LogP contribution in [0.4, 0.5) is 0 Å². The molecule has 1 amide bonds. The Labute approximate surface area is 104 Å². The third-order valence-electron chi connectivity index (χ3n) is 2.77. The van der Waals surface area contributed by atoms with Gasteiger partial charge >= 0.3 is 0 Å². The van der Waals surface area contributed by atoms with Crippen molar-refractivity contribution in [3.8, 4) is 0 Å². The predicted molar refractivity (Wildman–Crippen MR) is 68.6 cm³/mol. The normalized spacial score (nSPS) is 10.5. The van der Waals surface area contributed by atoms with Gasteiger partial charge in [0.1, 0.15) is 6.54 Å². The smallest absolute Gasteiger partial charge is 0.244 e. The topological polar surface area (TPSA) is 38.1 Å². The van der Waals surface area contributed by atoms with Crippen molar-refractivity contribution in [1.29, 1.82) is 0 Å². The molecule has 0 aliphatic rings. The van der Waals surface area contributed by atoms with Crippen molar-refractivity contribution in [1.82, 2.24) is 14.7 Å². The second-order valence-electron chi connectivity index (χ2n) is 4.29. The Morgan fingerprint density at radius 2 is 1.88 bits per heavy atom. The predicted octanol–water partition coefficient (Wildman–Crippen LogP) is 2.31. The highest BCUT2D eigenvalue weighted by Gasteiger charge is 2.12. The highest BCUT2D eigenvalue weighted by atomic mass is 16.2. The Kier molecular flexibility index (Phi) is 6.37. The van der Waals surface area contributed by atoms with Gasteiger partial charge in [0.15, 0.2) is 0 Å². The van der Waals surface area contributed by atoms with Crippen LogP contribution in [0.25, 0.3) is 0 Å². The van der Waals surface area contributed by atoms with Crippen LogP contribution in [-0.2, 0) is 11.3 Å². The molecule has 0 saturated heterocycles. The average Bonchev–Trinajstić information content (AvgIpc) is 2.82. The molecule has 0 aliphatic carbocycles. The van der Waals surface area contributed by atoms with E-state index in [0.717, 1.165) is 38.8 Å². The Morgan fingerprint density at radius 3 is 2.35 bits per heavy atom. The lowest BCUT2D eigenvalue weighted by atomic mass is 10.2. The fourth-order valence-electron chi connectivity index (χ4n) is 1.69. The zero-order chi connectivity index (χ0) is 12.5. The molecule has 4 heteroatoms. The maximum absolute atomic E-state index is 12.1. The van der Waals surface area contributed by atoms with Gasteiger partial charge in [-0.15, -0.1) is 0 Å². The van der Waals surface area contributed by atoms with Crippen LogP contribution in [0.2, 0.25) is 0 Å². The quantitative estimate of drug-likeness (QED) is 0.696. The van der Waals surface area contributed by atoms with E-state index >= 15 is 0 Å². The van der Waals surface area contributed by atoms with Gasteiger partial charge in [-0.2, -0.15) is 5.10 Å². The first-order valence-corrected chi connectivity index (χ1v) is 6.53. The first-order valence-electron chi connectivity index (χ1n) is 6.53. The summed E-state index contributed by atoms with van der Waals surface area (Å²) in [5.41, 5.74) is 0. The molecule has 0 saturated carbocycles. The summed E-state index contributed by atoms with van der Waals surface area (Å²) >= 11 is 0. The van der Waals surface area contributed by atoms with Crippen LogP contribution in [-0.4, -0.2) is 33.7 Å². The molecule has 0 fully saturated rings. The van der Waals surface area contributed by atoms with Crippen LogP contribution in [0.3, 0.4) is 0 Å². The highest BCUT2D eigenvalue weighted by molar-refractivity contribution is 5.75. The number of carbonyl (C=O) groups is 1. The standard InChI is InChI=1S/C13H23N3O/c1-3-5-9-15(10-6-4-2)13(17)12-16-11-7-8-14-16/h7-8,11H,3-6,9-10,12H2,1-2H3. The van der Waals surface area contributed by atoms with Crippen molar-refractivity contribution in [3.05, 3.63) is 18.5 Å². The minimum atomic E-state index is 0.176. The number of hydrogen-bond acceptors (Lipinski definition) is 2. The zero-order valence-corrected chi connectivity index (χ0v) is 10.9. The molecule has 0 unspecified atom stereocenters. The Bertz CT molecular complexity index is 300. The van der Waals surface area contributed by atoms with Crippen molar-refractivity contribution in [3.63, 3.8) is 0 Å². The summed E-state index contributed by atoms with van der Waals surface area (Å²) in [5, 5.41) is 4.07. The molecule has 0 aromatic carbocycles. The minimum absolute atomic E-state index is 0.176. The maximum Gasteiger partial charge on any atom is 0.244 e. The van der Waals surface area contributed by atoms with Gasteiger partial charge in [-0.05, 0) is 18.9 Å². The number of carbonyl (C=O) groups excluding carboxylic acids is 1. The Balaban J connectivity index is 2.46. The summed E-state index contributed by atoms with van der Waals surface area (Å²) in [6, 6.07) is 1.84. The summed E-state index contributed by atoms with van der Waals surface area (Å²) in [6.45, 7) is 6.40. The number of aromatic nitrogens is 2. The highest BCUT2D eigenvalue weighted by Crippen LogP contribution is 2.01. The van der Waals surface area contributed by atoms with Crippen LogP contribution in [0, 0.1) is 0 Å². The number of unbranched alkanes of at least 4 members (excludes halogenated alkanes) is 2.